The predicted octanol–water partition coefficient (Wildman–Crippen LogP) is 1.14. The number of carbonyl (C=O) groups is 2. The van der Waals surface area contributed by atoms with Crippen LogP contribution in [0.5, 0.6) is 0 Å². The van der Waals surface area contributed by atoms with Crippen molar-refractivity contribution in [1.29, 1.82) is 0 Å². The van der Waals surface area contributed by atoms with Crippen molar-refractivity contribution in [2.24, 2.45) is 5.92 Å². The molecule has 0 saturated carbocycles. The third kappa shape index (κ3) is 1.88. The number of cyclic esters (lactones) is 1. The molecule has 0 bridgehead atoms. The molecule has 0 N–H and O–H groups in total. The Kier molecular flexibility index (Phi) is 2.49. The van der Waals surface area contributed by atoms with Crippen molar-refractivity contribution in [3.05, 3.63) is 29.6 Å². The van der Waals surface area contributed by atoms with Crippen molar-refractivity contribution in [3.8, 4) is 0 Å². The van der Waals surface area contributed by atoms with Crippen LogP contribution in [-0.2, 0) is 9.53 Å². The van der Waals surface area contributed by atoms with Gasteiger partial charge in [0, 0.05) is 12.1 Å². The standard InChI is InChI=1S/C11H11NO3/c1-7-3-2-4-9(12-7)10(13)8-5-6-15-11(8)14/h2-4,8H,5-6H2,1H3. The predicted molar refractivity (Wildman–Crippen MR) is 52.4 cm³/mol. The highest BCUT2D eigenvalue weighted by molar-refractivity contribution is 6.08. The number of esters is 1. The van der Waals surface area contributed by atoms with Gasteiger partial charge >= 0.3 is 5.97 Å². The van der Waals surface area contributed by atoms with Crippen molar-refractivity contribution in [2.45, 2.75) is 13.3 Å². The van der Waals surface area contributed by atoms with E-state index in [1.54, 1.807) is 12.1 Å². The maximum atomic E-state index is 11.8. The molecule has 1 unspecified atom stereocenters. The second-order valence-corrected chi connectivity index (χ2v) is 3.54. The Hall–Kier alpha value is -1.71. The van der Waals surface area contributed by atoms with Gasteiger partial charge in [0.05, 0.1) is 6.61 Å². The van der Waals surface area contributed by atoms with Crippen LogP contribution in [0.2, 0.25) is 0 Å². The van der Waals surface area contributed by atoms with Crippen LogP contribution < -0.4 is 0 Å². The molecule has 2 rings (SSSR count). The number of hydrogen-bond acceptors (Lipinski definition) is 4. The first-order valence-electron chi connectivity index (χ1n) is 4.83. The molecule has 1 saturated heterocycles. The van der Waals surface area contributed by atoms with Crippen LogP contribution in [0.3, 0.4) is 0 Å². The lowest BCUT2D eigenvalue weighted by Gasteiger charge is -2.04. The highest BCUT2D eigenvalue weighted by Gasteiger charge is 2.34. The minimum absolute atomic E-state index is 0.235. The third-order valence-electron chi connectivity index (χ3n) is 2.39. The van der Waals surface area contributed by atoms with Crippen molar-refractivity contribution >= 4 is 11.8 Å². The van der Waals surface area contributed by atoms with E-state index in [0.29, 0.717) is 18.7 Å². The normalized spacial score (nSPS) is 20.1. The van der Waals surface area contributed by atoms with Crippen LogP contribution in [0.4, 0.5) is 0 Å². The van der Waals surface area contributed by atoms with Gasteiger partial charge in [0.1, 0.15) is 11.6 Å². The summed E-state index contributed by atoms with van der Waals surface area (Å²) < 4.78 is 4.75. The molecule has 1 aliphatic rings. The van der Waals surface area contributed by atoms with E-state index in [-0.39, 0.29) is 5.78 Å². The summed E-state index contributed by atoms with van der Waals surface area (Å²) in [6, 6.07) is 5.19. The Morgan fingerprint density at radius 3 is 2.93 bits per heavy atom. The number of aromatic nitrogens is 1. The number of Topliss-reactive ketones (excluding diaryl/α,β-unsaturated/α-hetero) is 1. The zero-order chi connectivity index (χ0) is 10.8. The SMILES string of the molecule is Cc1cccc(C(=O)C2CCOC2=O)n1. The Bertz CT molecular complexity index is 414. The summed E-state index contributed by atoms with van der Waals surface area (Å²) in [5.41, 5.74) is 1.12. The zero-order valence-corrected chi connectivity index (χ0v) is 8.40. The number of rotatable bonds is 2. The summed E-state index contributed by atoms with van der Waals surface area (Å²) in [6.07, 6.45) is 0.466. The van der Waals surface area contributed by atoms with Crippen molar-refractivity contribution in [2.75, 3.05) is 6.61 Å². The Balaban J connectivity index is 2.24. The monoisotopic (exact) mass is 205 g/mol. The molecule has 78 valence electrons. The van der Waals surface area contributed by atoms with E-state index in [1.807, 2.05) is 13.0 Å². The quantitative estimate of drug-likeness (QED) is 0.412. The molecule has 0 spiro atoms. The molecule has 0 aliphatic carbocycles. The van der Waals surface area contributed by atoms with E-state index in [0.717, 1.165) is 5.69 Å². The molecule has 0 aromatic carbocycles. The van der Waals surface area contributed by atoms with Gasteiger partial charge < -0.3 is 4.74 Å². The van der Waals surface area contributed by atoms with Crippen LogP contribution in [-0.4, -0.2) is 23.3 Å². The van der Waals surface area contributed by atoms with E-state index in [9.17, 15) is 9.59 Å². The zero-order valence-electron chi connectivity index (χ0n) is 8.40. The lowest BCUT2D eigenvalue weighted by molar-refractivity contribution is -0.140. The van der Waals surface area contributed by atoms with Gasteiger partial charge in [-0.25, -0.2) is 4.98 Å². The van der Waals surface area contributed by atoms with Crippen LogP contribution in [0.25, 0.3) is 0 Å². The van der Waals surface area contributed by atoms with E-state index in [2.05, 4.69) is 4.98 Å². The smallest absolute Gasteiger partial charge is 0.317 e. The highest BCUT2D eigenvalue weighted by Crippen LogP contribution is 2.18. The summed E-state index contributed by atoms with van der Waals surface area (Å²) in [6.45, 7) is 2.14. The van der Waals surface area contributed by atoms with Gasteiger partial charge in [-0.3, -0.25) is 9.59 Å². The average Bonchev–Trinajstić information content (AvgIpc) is 2.63. The van der Waals surface area contributed by atoms with Gasteiger partial charge in [0.15, 0.2) is 5.78 Å². The van der Waals surface area contributed by atoms with E-state index >= 15 is 0 Å². The fourth-order valence-electron chi connectivity index (χ4n) is 1.59. The van der Waals surface area contributed by atoms with Gasteiger partial charge in [-0.1, -0.05) is 6.07 Å². The summed E-state index contributed by atoms with van der Waals surface area (Å²) in [4.78, 5) is 27.1. The summed E-state index contributed by atoms with van der Waals surface area (Å²) >= 11 is 0. The van der Waals surface area contributed by atoms with Gasteiger partial charge in [-0.2, -0.15) is 0 Å². The van der Waals surface area contributed by atoms with Crippen LogP contribution in [0, 0.1) is 12.8 Å². The number of pyridine rings is 1. The summed E-state index contributed by atoms with van der Waals surface area (Å²) in [5, 5.41) is 0. The molecule has 4 nitrogen and oxygen atoms in total. The van der Waals surface area contributed by atoms with E-state index in [1.165, 1.54) is 0 Å². The molecule has 4 heteroatoms. The third-order valence-corrected chi connectivity index (χ3v) is 2.39. The van der Waals surface area contributed by atoms with Crippen molar-refractivity contribution in [1.82, 2.24) is 4.98 Å². The molecule has 0 amide bonds. The molecule has 1 atom stereocenters. The fraction of sp³-hybridized carbons (Fsp3) is 0.364. The fourth-order valence-corrected chi connectivity index (χ4v) is 1.59. The summed E-state index contributed by atoms with van der Waals surface area (Å²) in [7, 11) is 0. The number of aryl methyl sites for hydroxylation is 1. The van der Waals surface area contributed by atoms with Gasteiger partial charge in [0.2, 0.25) is 0 Å². The highest BCUT2D eigenvalue weighted by atomic mass is 16.5. The van der Waals surface area contributed by atoms with Gasteiger partial charge in [-0.15, -0.1) is 0 Å². The number of nitrogens with zero attached hydrogens (tertiary/aromatic N) is 1. The Morgan fingerprint density at radius 2 is 2.33 bits per heavy atom. The Labute approximate surface area is 87.3 Å². The maximum Gasteiger partial charge on any atom is 0.317 e. The van der Waals surface area contributed by atoms with E-state index in [4.69, 9.17) is 4.74 Å². The lowest BCUT2D eigenvalue weighted by Crippen LogP contribution is -2.20. The second-order valence-electron chi connectivity index (χ2n) is 3.54. The number of ether oxygens (including phenoxy) is 1. The number of hydrogen-bond donors (Lipinski definition) is 0. The summed E-state index contributed by atoms with van der Waals surface area (Å²) in [5.74, 6) is -1.32. The first-order valence-corrected chi connectivity index (χ1v) is 4.83. The van der Waals surface area contributed by atoms with Crippen LogP contribution in [0.15, 0.2) is 18.2 Å². The maximum absolute atomic E-state index is 11.8. The molecule has 1 aromatic rings. The molecule has 1 aliphatic heterocycles. The Morgan fingerprint density at radius 1 is 1.53 bits per heavy atom. The molecular formula is C11H11NO3. The van der Waals surface area contributed by atoms with Crippen LogP contribution in [0.1, 0.15) is 22.6 Å². The molecule has 0 radical (unpaired) electrons. The second kappa shape index (κ2) is 3.81. The molecule has 2 heterocycles. The van der Waals surface area contributed by atoms with Crippen molar-refractivity contribution < 1.29 is 14.3 Å². The molecule has 1 fully saturated rings. The first kappa shape index (κ1) is 9.83. The lowest BCUT2D eigenvalue weighted by atomic mass is 10.00. The topological polar surface area (TPSA) is 56.3 Å². The number of ketones is 1. The minimum Gasteiger partial charge on any atom is -0.465 e. The first-order chi connectivity index (χ1) is 7.18. The van der Waals surface area contributed by atoms with Gasteiger partial charge in [0.25, 0.3) is 0 Å². The molecule has 15 heavy (non-hydrogen) atoms. The van der Waals surface area contributed by atoms with Crippen molar-refractivity contribution in [3.63, 3.8) is 0 Å². The minimum atomic E-state index is -0.653. The molecule has 1 aromatic heterocycles. The number of carbonyl (C=O) groups excluding carboxylic acids is 2. The van der Waals surface area contributed by atoms with E-state index < -0.39 is 11.9 Å². The largest absolute Gasteiger partial charge is 0.465 e. The van der Waals surface area contributed by atoms with Gasteiger partial charge in [-0.05, 0) is 19.1 Å². The molecular weight excluding hydrogens is 194 g/mol. The van der Waals surface area contributed by atoms with Crippen LogP contribution >= 0.6 is 0 Å². The average molecular weight is 205 g/mol.